The minimum absolute atomic E-state index is 0.147. The molecule has 0 saturated carbocycles. The van der Waals surface area contributed by atoms with E-state index in [1.165, 1.54) is 18.2 Å². The van der Waals surface area contributed by atoms with Gasteiger partial charge in [-0.05, 0) is 30.6 Å². The molecule has 1 N–H and O–H groups in total. The zero-order chi connectivity index (χ0) is 14.7. The molecule has 1 aromatic rings. The Bertz CT molecular complexity index is 521. The summed E-state index contributed by atoms with van der Waals surface area (Å²) in [7, 11) is 0. The number of thioether (sulfide) groups is 1. The maximum atomic E-state index is 13.7. The smallest absolute Gasteiger partial charge is 0.325 e. The molecule has 0 aromatic heterocycles. The minimum Gasteiger partial charge on any atom is -0.326 e. The molecular formula is C13H14ClFN2O2S. The van der Waals surface area contributed by atoms with Crippen molar-refractivity contribution in [3.63, 3.8) is 0 Å². The highest BCUT2D eigenvalue weighted by atomic mass is 35.5. The summed E-state index contributed by atoms with van der Waals surface area (Å²) in [6.07, 6.45) is 2.49. The van der Waals surface area contributed by atoms with E-state index >= 15 is 0 Å². The van der Waals surface area contributed by atoms with E-state index < -0.39 is 17.9 Å². The Balaban J connectivity index is 2.13. The second-order valence-electron chi connectivity index (χ2n) is 4.41. The first-order valence-corrected chi connectivity index (χ1v) is 7.85. The first-order valence-electron chi connectivity index (χ1n) is 6.08. The Labute approximate surface area is 125 Å². The summed E-state index contributed by atoms with van der Waals surface area (Å²) < 4.78 is 13.7. The molecule has 1 aliphatic rings. The number of nitrogens with one attached hydrogen (secondary N) is 1. The van der Waals surface area contributed by atoms with Gasteiger partial charge in [0.05, 0.1) is 6.54 Å². The average molecular weight is 317 g/mol. The van der Waals surface area contributed by atoms with Crippen molar-refractivity contribution in [2.45, 2.75) is 19.0 Å². The van der Waals surface area contributed by atoms with Gasteiger partial charge in [0.2, 0.25) is 0 Å². The predicted molar refractivity (Wildman–Crippen MR) is 77.3 cm³/mol. The van der Waals surface area contributed by atoms with Crippen LogP contribution in [-0.2, 0) is 11.3 Å². The van der Waals surface area contributed by atoms with Crippen LogP contribution in [0.2, 0.25) is 5.02 Å². The fraction of sp³-hybridized carbons (Fsp3) is 0.385. The maximum absolute atomic E-state index is 13.7. The van der Waals surface area contributed by atoms with Gasteiger partial charge in [-0.2, -0.15) is 11.8 Å². The van der Waals surface area contributed by atoms with Crippen molar-refractivity contribution in [2.24, 2.45) is 0 Å². The molecule has 2 rings (SSSR count). The van der Waals surface area contributed by atoms with Crippen molar-refractivity contribution in [1.82, 2.24) is 10.2 Å². The maximum Gasteiger partial charge on any atom is 0.325 e. The van der Waals surface area contributed by atoms with Gasteiger partial charge >= 0.3 is 6.03 Å². The van der Waals surface area contributed by atoms with Crippen LogP contribution in [0.5, 0.6) is 0 Å². The third-order valence-corrected chi connectivity index (χ3v) is 4.09. The number of benzene rings is 1. The quantitative estimate of drug-likeness (QED) is 0.850. The van der Waals surface area contributed by atoms with E-state index in [2.05, 4.69) is 5.32 Å². The Morgan fingerprint density at radius 1 is 1.45 bits per heavy atom. The van der Waals surface area contributed by atoms with Crippen molar-refractivity contribution < 1.29 is 14.0 Å². The molecule has 0 radical (unpaired) electrons. The number of carbonyl (C=O) groups excluding carboxylic acids is 2. The van der Waals surface area contributed by atoms with Crippen LogP contribution in [0.1, 0.15) is 12.0 Å². The summed E-state index contributed by atoms with van der Waals surface area (Å²) in [6.45, 7) is -0.147. The van der Waals surface area contributed by atoms with Gasteiger partial charge in [-0.15, -0.1) is 0 Å². The molecule has 4 nitrogen and oxygen atoms in total. The summed E-state index contributed by atoms with van der Waals surface area (Å²) in [5.74, 6) is -0.0839. The number of imide groups is 1. The fourth-order valence-electron chi connectivity index (χ4n) is 2.00. The zero-order valence-corrected chi connectivity index (χ0v) is 12.4. The van der Waals surface area contributed by atoms with Gasteiger partial charge < -0.3 is 5.32 Å². The lowest BCUT2D eigenvalue weighted by molar-refractivity contribution is -0.127. The van der Waals surface area contributed by atoms with Gasteiger partial charge in [-0.3, -0.25) is 9.69 Å². The van der Waals surface area contributed by atoms with E-state index in [0.29, 0.717) is 6.42 Å². The average Bonchev–Trinajstić information content (AvgIpc) is 2.67. The van der Waals surface area contributed by atoms with Crippen LogP contribution in [0, 0.1) is 5.82 Å². The van der Waals surface area contributed by atoms with Gasteiger partial charge in [-0.25, -0.2) is 9.18 Å². The van der Waals surface area contributed by atoms with Gasteiger partial charge in [0, 0.05) is 10.6 Å². The second kappa shape index (κ2) is 6.45. The molecule has 1 aliphatic heterocycles. The molecule has 108 valence electrons. The third kappa shape index (κ3) is 3.07. The summed E-state index contributed by atoms with van der Waals surface area (Å²) in [5, 5.41) is 2.81. The number of urea groups is 1. The van der Waals surface area contributed by atoms with Crippen molar-refractivity contribution in [1.29, 1.82) is 0 Å². The number of hydrogen-bond donors (Lipinski definition) is 1. The summed E-state index contributed by atoms with van der Waals surface area (Å²) in [4.78, 5) is 24.9. The molecule has 1 unspecified atom stereocenters. The van der Waals surface area contributed by atoms with E-state index in [-0.39, 0.29) is 23.0 Å². The van der Waals surface area contributed by atoms with E-state index in [0.717, 1.165) is 10.7 Å². The number of halogens is 2. The molecule has 7 heteroatoms. The second-order valence-corrected chi connectivity index (χ2v) is 5.80. The Hall–Kier alpha value is -1.27. The van der Waals surface area contributed by atoms with Gasteiger partial charge in [-0.1, -0.05) is 17.7 Å². The topological polar surface area (TPSA) is 49.4 Å². The predicted octanol–water partition coefficient (Wildman–Crippen LogP) is 2.65. The number of carbonyl (C=O) groups is 2. The minimum atomic E-state index is -0.527. The van der Waals surface area contributed by atoms with Crippen LogP contribution in [0.25, 0.3) is 0 Å². The van der Waals surface area contributed by atoms with Crippen LogP contribution in [0.15, 0.2) is 18.2 Å². The van der Waals surface area contributed by atoms with Crippen molar-refractivity contribution in [3.8, 4) is 0 Å². The van der Waals surface area contributed by atoms with Crippen LogP contribution in [0.4, 0.5) is 9.18 Å². The Morgan fingerprint density at radius 3 is 2.85 bits per heavy atom. The summed E-state index contributed by atoms with van der Waals surface area (Å²) in [6, 6.07) is 3.24. The molecule has 1 saturated heterocycles. The lowest BCUT2D eigenvalue weighted by Crippen LogP contribution is -2.31. The molecule has 0 aliphatic carbocycles. The number of rotatable bonds is 5. The van der Waals surface area contributed by atoms with Crippen LogP contribution in [-0.4, -0.2) is 34.9 Å². The Kier molecular flexibility index (Phi) is 4.88. The molecule has 1 heterocycles. The molecule has 0 spiro atoms. The van der Waals surface area contributed by atoms with Crippen LogP contribution >= 0.6 is 23.4 Å². The molecule has 1 fully saturated rings. The Morgan fingerprint density at radius 2 is 2.20 bits per heavy atom. The van der Waals surface area contributed by atoms with E-state index in [4.69, 9.17) is 11.6 Å². The van der Waals surface area contributed by atoms with Crippen molar-refractivity contribution >= 4 is 35.3 Å². The fourth-order valence-corrected chi connectivity index (χ4v) is 2.69. The highest BCUT2D eigenvalue weighted by molar-refractivity contribution is 7.98. The standard InChI is InChI=1S/C13H14ClFN2O2S/c1-20-6-5-11-12(18)17(13(19)16-11)7-8-9(14)3-2-4-10(8)15/h2-4,11H,5-7H2,1H3,(H,16,19). The van der Waals surface area contributed by atoms with Crippen molar-refractivity contribution in [3.05, 3.63) is 34.6 Å². The van der Waals surface area contributed by atoms with E-state index in [1.807, 2.05) is 6.26 Å². The molecule has 20 heavy (non-hydrogen) atoms. The zero-order valence-electron chi connectivity index (χ0n) is 10.9. The lowest BCUT2D eigenvalue weighted by Gasteiger charge is -2.14. The number of nitrogens with zero attached hydrogens (tertiary/aromatic N) is 1. The highest BCUT2D eigenvalue weighted by Gasteiger charge is 2.37. The summed E-state index contributed by atoms with van der Waals surface area (Å²) in [5.41, 5.74) is 0.156. The molecule has 3 amide bonds. The monoisotopic (exact) mass is 316 g/mol. The van der Waals surface area contributed by atoms with Crippen LogP contribution < -0.4 is 5.32 Å². The largest absolute Gasteiger partial charge is 0.326 e. The first kappa shape index (κ1) is 15.1. The SMILES string of the molecule is CSCCC1NC(=O)N(Cc2c(F)cccc2Cl)C1=O. The van der Waals surface area contributed by atoms with Gasteiger partial charge in [0.1, 0.15) is 11.9 Å². The summed E-state index contributed by atoms with van der Waals surface area (Å²) >= 11 is 7.51. The number of hydrogen-bond acceptors (Lipinski definition) is 3. The van der Waals surface area contributed by atoms with Gasteiger partial charge in [0.25, 0.3) is 5.91 Å². The van der Waals surface area contributed by atoms with Gasteiger partial charge in [0.15, 0.2) is 0 Å². The van der Waals surface area contributed by atoms with Crippen molar-refractivity contribution in [2.75, 3.05) is 12.0 Å². The van der Waals surface area contributed by atoms with E-state index in [9.17, 15) is 14.0 Å². The van der Waals surface area contributed by atoms with E-state index in [1.54, 1.807) is 11.8 Å². The third-order valence-electron chi connectivity index (χ3n) is 3.10. The first-order chi connectivity index (χ1) is 9.54. The van der Waals surface area contributed by atoms with Crippen LogP contribution in [0.3, 0.4) is 0 Å². The molecule has 1 aromatic carbocycles. The number of amides is 3. The highest BCUT2D eigenvalue weighted by Crippen LogP contribution is 2.23. The lowest BCUT2D eigenvalue weighted by atomic mass is 10.2. The molecule has 1 atom stereocenters. The molecule has 0 bridgehead atoms. The molecular weight excluding hydrogens is 303 g/mol. The normalized spacial score (nSPS) is 18.6.